The molecule has 0 saturated heterocycles. The van der Waals surface area contributed by atoms with E-state index >= 15 is 0 Å². The lowest BCUT2D eigenvalue weighted by Crippen LogP contribution is -2.40. The van der Waals surface area contributed by atoms with Gasteiger partial charge in [-0.15, -0.1) is 6.58 Å². The molecule has 1 unspecified atom stereocenters. The van der Waals surface area contributed by atoms with Crippen molar-refractivity contribution in [2.24, 2.45) is 0 Å². The Morgan fingerprint density at radius 2 is 1.87 bits per heavy atom. The molecule has 3 rings (SSSR count). The average Bonchev–Trinajstić information content (AvgIpc) is 3.22. The summed E-state index contributed by atoms with van der Waals surface area (Å²) in [7, 11) is 1.59. The Morgan fingerprint density at radius 1 is 1.20 bits per heavy atom. The quantitative estimate of drug-likeness (QED) is 0.471. The Morgan fingerprint density at radius 3 is 2.50 bits per heavy atom. The zero-order valence-corrected chi connectivity index (χ0v) is 17.5. The summed E-state index contributed by atoms with van der Waals surface area (Å²) >= 11 is 5.91. The summed E-state index contributed by atoms with van der Waals surface area (Å²) in [5.41, 5.74) is 0.771. The molecule has 1 heterocycles. The van der Waals surface area contributed by atoms with Crippen LogP contribution < -0.4 is 9.47 Å². The molecular weight excluding hydrogens is 406 g/mol. The lowest BCUT2D eigenvalue weighted by Gasteiger charge is -2.23. The van der Waals surface area contributed by atoms with Crippen LogP contribution in [0.15, 0.2) is 65.7 Å². The van der Waals surface area contributed by atoms with E-state index in [4.69, 9.17) is 25.6 Å². The summed E-state index contributed by atoms with van der Waals surface area (Å²) in [6.45, 7) is 5.86. The molecule has 1 amide bonds. The Labute approximate surface area is 179 Å². The molecule has 0 fully saturated rings. The van der Waals surface area contributed by atoms with Gasteiger partial charge in [-0.25, -0.2) is 0 Å². The van der Waals surface area contributed by atoms with Crippen molar-refractivity contribution in [3.8, 4) is 22.9 Å². The largest absolute Gasteiger partial charge is 0.497 e. The molecule has 0 aliphatic carbocycles. The number of benzene rings is 2. The van der Waals surface area contributed by atoms with Crippen molar-refractivity contribution >= 4 is 17.5 Å². The number of rotatable bonds is 9. The third-order valence-corrected chi connectivity index (χ3v) is 4.53. The highest BCUT2D eigenvalue weighted by molar-refractivity contribution is 6.30. The first-order valence-corrected chi connectivity index (χ1v) is 9.67. The highest BCUT2D eigenvalue weighted by atomic mass is 35.5. The molecule has 1 aromatic heterocycles. The fourth-order valence-corrected chi connectivity index (χ4v) is 2.88. The second-order valence-corrected chi connectivity index (χ2v) is 6.90. The lowest BCUT2D eigenvalue weighted by atomic mass is 10.2. The maximum Gasteiger partial charge on any atom is 0.264 e. The van der Waals surface area contributed by atoms with Crippen molar-refractivity contribution in [1.29, 1.82) is 0 Å². The molecule has 30 heavy (non-hydrogen) atoms. The van der Waals surface area contributed by atoms with E-state index in [0.717, 1.165) is 5.56 Å². The van der Waals surface area contributed by atoms with E-state index in [1.165, 1.54) is 0 Å². The van der Waals surface area contributed by atoms with Gasteiger partial charge in [0, 0.05) is 17.1 Å². The number of amides is 1. The topological polar surface area (TPSA) is 77.7 Å². The van der Waals surface area contributed by atoms with Gasteiger partial charge in [0.25, 0.3) is 5.91 Å². The van der Waals surface area contributed by atoms with Gasteiger partial charge < -0.3 is 18.9 Å². The van der Waals surface area contributed by atoms with Crippen LogP contribution in [0.25, 0.3) is 11.4 Å². The third kappa shape index (κ3) is 5.39. The fraction of sp³-hybridized carbons (Fsp3) is 0.227. The van der Waals surface area contributed by atoms with Crippen molar-refractivity contribution < 1.29 is 18.8 Å². The van der Waals surface area contributed by atoms with Gasteiger partial charge in [-0.1, -0.05) is 22.8 Å². The van der Waals surface area contributed by atoms with Gasteiger partial charge in [0.15, 0.2) is 6.10 Å². The van der Waals surface area contributed by atoms with Crippen molar-refractivity contribution in [2.75, 3.05) is 13.7 Å². The number of hydrogen-bond donors (Lipinski definition) is 0. The van der Waals surface area contributed by atoms with Crippen LogP contribution in [-0.4, -0.2) is 40.7 Å². The number of hydrogen-bond acceptors (Lipinski definition) is 6. The summed E-state index contributed by atoms with van der Waals surface area (Å²) in [4.78, 5) is 18.8. The van der Waals surface area contributed by atoms with Crippen LogP contribution in [0.3, 0.4) is 0 Å². The summed E-state index contributed by atoms with van der Waals surface area (Å²) in [5, 5.41) is 4.60. The normalized spacial score (nSPS) is 11.6. The predicted molar refractivity (Wildman–Crippen MR) is 113 cm³/mol. The number of nitrogens with zero attached hydrogens (tertiary/aromatic N) is 3. The van der Waals surface area contributed by atoms with Gasteiger partial charge in [0.05, 0.1) is 7.11 Å². The Hall–Kier alpha value is -3.32. The smallest absolute Gasteiger partial charge is 0.264 e. The third-order valence-electron chi connectivity index (χ3n) is 4.28. The van der Waals surface area contributed by atoms with Gasteiger partial charge in [0.1, 0.15) is 18.0 Å². The van der Waals surface area contributed by atoms with Gasteiger partial charge >= 0.3 is 0 Å². The fourth-order valence-electron chi connectivity index (χ4n) is 2.75. The van der Waals surface area contributed by atoms with Crippen molar-refractivity contribution in [3.63, 3.8) is 0 Å². The van der Waals surface area contributed by atoms with Crippen LogP contribution in [0.4, 0.5) is 0 Å². The van der Waals surface area contributed by atoms with E-state index in [1.807, 2.05) is 0 Å². The second kappa shape index (κ2) is 9.93. The minimum Gasteiger partial charge on any atom is -0.497 e. The molecule has 1 atom stereocenters. The molecule has 0 saturated carbocycles. The van der Waals surface area contributed by atoms with Crippen LogP contribution in [0.1, 0.15) is 12.8 Å². The average molecular weight is 428 g/mol. The molecule has 0 N–H and O–H groups in total. The molecule has 0 bridgehead atoms. The molecule has 3 aromatic rings. The number of carbonyl (C=O) groups is 1. The van der Waals surface area contributed by atoms with E-state index in [1.54, 1.807) is 73.5 Å². The molecule has 156 valence electrons. The van der Waals surface area contributed by atoms with Gasteiger partial charge in [0.2, 0.25) is 11.7 Å². The van der Waals surface area contributed by atoms with Crippen LogP contribution in [0.5, 0.6) is 11.5 Å². The second-order valence-electron chi connectivity index (χ2n) is 6.46. The zero-order valence-electron chi connectivity index (χ0n) is 16.7. The first-order valence-electron chi connectivity index (χ1n) is 9.29. The highest BCUT2D eigenvalue weighted by Gasteiger charge is 2.23. The molecule has 0 spiro atoms. The zero-order chi connectivity index (χ0) is 21.5. The molecule has 0 aliphatic heterocycles. The monoisotopic (exact) mass is 427 g/mol. The maximum absolute atomic E-state index is 12.9. The van der Waals surface area contributed by atoms with E-state index in [2.05, 4.69) is 16.7 Å². The predicted octanol–water partition coefficient (Wildman–Crippen LogP) is 4.38. The number of aromatic nitrogens is 2. The van der Waals surface area contributed by atoms with Crippen molar-refractivity contribution in [3.05, 3.63) is 72.1 Å². The summed E-state index contributed by atoms with van der Waals surface area (Å²) < 4.78 is 16.2. The van der Waals surface area contributed by atoms with Crippen LogP contribution in [-0.2, 0) is 11.3 Å². The number of halogens is 1. The summed E-state index contributed by atoms with van der Waals surface area (Å²) in [6.07, 6.45) is 0.922. The summed E-state index contributed by atoms with van der Waals surface area (Å²) in [6, 6.07) is 14.1. The van der Waals surface area contributed by atoms with Gasteiger partial charge in [-0.05, 0) is 55.5 Å². The van der Waals surface area contributed by atoms with Gasteiger partial charge in [-0.3, -0.25) is 4.79 Å². The Kier molecular flexibility index (Phi) is 7.08. The van der Waals surface area contributed by atoms with E-state index in [0.29, 0.717) is 34.8 Å². The van der Waals surface area contributed by atoms with E-state index < -0.39 is 6.10 Å². The van der Waals surface area contributed by atoms with E-state index in [-0.39, 0.29) is 12.5 Å². The summed E-state index contributed by atoms with van der Waals surface area (Å²) in [5.74, 6) is 1.79. The first kappa shape index (κ1) is 21.4. The minimum atomic E-state index is -0.711. The van der Waals surface area contributed by atoms with E-state index in [9.17, 15) is 4.79 Å². The molecular formula is C22H22ClN3O4. The molecule has 0 radical (unpaired) electrons. The van der Waals surface area contributed by atoms with Crippen LogP contribution in [0, 0.1) is 0 Å². The molecule has 7 nitrogen and oxygen atoms in total. The minimum absolute atomic E-state index is 0.141. The van der Waals surface area contributed by atoms with Crippen molar-refractivity contribution in [1.82, 2.24) is 15.0 Å². The van der Waals surface area contributed by atoms with Crippen LogP contribution >= 0.6 is 11.6 Å². The molecule has 0 aliphatic rings. The van der Waals surface area contributed by atoms with Crippen LogP contribution in [0.2, 0.25) is 5.02 Å². The highest BCUT2D eigenvalue weighted by Crippen LogP contribution is 2.21. The molecule has 8 heteroatoms. The number of ether oxygens (including phenoxy) is 2. The Balaban J connectivity index is 1.67. The Bertz CT molecular complexity index is 986. The maximum atomic E-state index is 12.9. The molecule has 2 aromatic carbocycles. The number of methoxy groups -OCH3 is 1. The number of carbonyl (C=O) groups excluding carboxylic acids is 1. The van der Waals surface area contributed by atoms with Crippen molar-refractivity contribution in [2.45, 2.75) is 19.6 Å². The SMILES string of the molecule is C=CCN(Cc1nc(-c2ccc(Cl)cc2)no1)C(=O)C(C)Oc1ccc(OC)cc1. The standard InChI is InChI=1S/C22H22ClN3O4/c1-4-13-26(22(27)15(2)29-19-11-9-18(28-3)10-12-19)14-20-24-21(25-30-20)16-5-7-17(23)8-6-16/h4-12,15H,1,13-14H2,2-3H3. The van der Waals surface area contributed by atoms with Gasteiger partial charge in [-0.2, -0.15) is 4.98 Å². The lowest BCUT2D eigenvalue weighted by molar-refractivity contribution is -0.138. The first-order chi connectivity index (χ1) is 14.5.